The van der Waals surface area contributed by atoms with Gasteiger partial charge in [0.2, 0.25) is 0 Å². The Morgan fingerprint density at radius 1 is 1.10 bits per heavy atom. The maximum atomic E-state index is 10.2. The molecule has 8 atom stereocenters. The van der Waals surface area contributed by atoms with Crippen LogP contribution in [0.4, 0.5) is 0 Å². The van der Waals surface area contributed by atoms with Crippen LogP contribution in [0.3, 0.4) is 0 Å². The topological polar surface area (TPSA) is 20.2 Å². The minimum absolute atomic E-state index is 0.513. The third kappa shape index (κ3) is 3.77. The van der Waals surface area contributed by atoms with Crippen molar-refractivity contribution in [2.75, 3.05) is 0 Å². The van der Waals surface area contributed by atoms with E-state index >= 15 is 0 Å². The largest absolute Gasteiger partial charge is 0.390 e. The lowest BCUT2D eigenvalue weighted by molar-refractivity contribution is -0.0542. The molecular formula is C28H48O. The fourth-order valence-electron chi connectivity index (χ4n) is 8.84. The van der Waals surface area contributed by atoms with E-state index in [2.05, 4.69) is 33.8 Å². The van der Waals surface area contributed by atoms with Crippen LogP contribution in [0.25, 0.3) is 0 Å². The summed E-state index contributed by atoms with van der Waals surface area (Å²) in [6, 6.07) is 0. The number of fused-ring (bicyclic) bond motifs is 5. The van der Waals surface area contributed by atoms with Crippen molar-refractivity contribution >= 4 is 0 Å². The van der Waals surface area contributed by atoms with Crippen molar-refractivity contribution in [1.82, 2.24) is 0 Å². The van der Waals surface area contributed by atoms with E-state index in [9.17, 15) is 5.11 Å². The molecule has 4 aliphatic rings. The first-order valence-electron chi connectivity index (χ1n) is 13.0. The Morgan fingerprint density at radius 3 is 2.55 bits per heavy atom. The summed E-state index contributed by atoms with van der Waals surface area (Å²) in [5, 5.41) is 10.2. The summed E-state index contributed by atoms with van der Waals surface area (Å²) in [5.41, 5.74) is 2.40. The molecule has 0 aromatic heterocycles. The molecule has 0 spiro atoms. The summed E-state index contributed by atoms with van der Waals surface area (Å²) >= 11 is 0. The van der Waals surface area contributed by atoms with Gasteiger partial charge in [0, 0.05) is 0 Å². The summed E-state index contributed by atoms with van der Waals surface area (Å²) in [6.07, 6.45) is 17.7. The highest BCUT2D eigenvalue weighted by Gasteiger charge is 2.59. The Morgan fingerprint density at radius 2 is 1.86 bits per heavy atom. The first-order chi connectivity index (χ1) is 13.6. The SMILES string of the molecule is CCC1CCC2(C)C(=CCC3C2CCC2(C)C3CCC2[C@H](C)CCC(C)(C)O)C1. The molecule has 0 heterocycles. The van der Waals surface area contributed by atoms with Crippen molar-refractivity contribution < 1.29 is 5.11 Å². The van der Waals surface area contributed by atoms with E-state index in [1.807, 2.05) is 19.4 Å². The molecule has 3 fully saturated rings. The van der Waals surface area contributed by atoms with E-state index in [1.54, 1.807) is 0 Å². The standard InChI is InChI=1S/C28H48O/c1-7-20-13-16-27(5)21(18-20)8-9-22-24-11-10-23(19(2)12-15-26(3,4)29)28(24,6)17-14-25(22)27/h8,19-20,22-25,29H,7,9-18H2,1-6H3/t19-,20?,22?,23?,24?,25?,27?,28?/m1/s1. The zero-order valence-corrected chi connectivity index (χ0v) is 20.3. The second kappa shape index (κ2) is 7.68. The Labute approximate surface area is 181 Å². The number of hydrogen-bond acceptors (Lipinski definition) is 1. The van der Waals surface area contributed by atoms with E-state index in [1.165, 1.54) is 64.2 Å². The summed E-state index contributed by atoms with van der Waals surface area (Å²) in [7, 11) is 0. The summed E-state index contributed by atoms with van der Waals surface area (Å²) < 4.78 is 0. The van der Waals surface area contributed by atoms with Gasteiger partial charge < -0.3 is 5.11 Å². The zero-order valence-electron chi connectivity index (χ0n) is 20.3. The molecule has 0 bridgehead atoms. The van der Waals surface area contributed by atoms with Crippen molar-refractivity contribution in [3.8, 4) is 0 Å². The number of aliphatic hydroxyl groups is 1. The first-order valence-corrected chi connectivity index (χ1v) is 13.0. The van der Waals surface area contributed by atoms with Crippen molar-refractivity contribution in [2.24, 2.45) is 46.3 Å². The molecule has 0 saturated heterocycles. The minimum atomic E-state index is -0.513. The lowest BCUT2D eigenvalue weighted by Gasteiger charge is -2.58. The molecule has 1 N–H and O–H groups in total. The third-order valence-electron chi connectivity index (χ3n) is 10.8. The molecule has 1 heteroatoms. The van der Waals surface area contributed by atoms with Crippen LogP contribution in [0, 0.1) is 46.3 Å². The van der Waals surface area contributed by atoms with Gasteiger partial charge in [0.15, 0.2) is 0 Å². The molecule has 0 amide bonds. The zero-order chi connectivity index (χ0) is 21.0. The lowest BCUT2D eigenvalue weighted by Crippen LogP contribution is -2.50. The monoisotopic (exact) mass is 400 g/mol. The Kier molecular flexibility index (Phi) is 5.81. The van der Waals surface area contributed by atoms with Crippen LogP contribution < -0.4 is 0 Å². The van der Waals surface area contributed by atoms with Gasteiger partial charge >= 0.3 is 0 Å². The molecule has 1 nitrogen and oxygen atoms in total. The molecule has 3 saturated carbocycles. The molecule has 4 aliphatic carbocycles. The Bertz CT molecular complexity index is 627. The summed E-state index contributed by atoms with van der Waals surface area (Å²) in [4.78, 5) is 0. The second-order valence-electron chi connectivity index (χ2n) is 12.8. The van der Waals surface area contributed by atoms with Crippen LogP contribution in [0.2, 0.25) is 0 Å². The molecule has 29 heavy (non-hydrogen) atoms. The van der Waals surface area contributed by atoms with Gasteiger partial charge in [-0.1, -0.05) is 45.8 Å². The van der Waals surface area contributed by atoms with Crippen LogP contribution in [-0.2, 0) is 0 Å². The predicted molar refractivity (Wildman–Crippen MR) is 124 cm³/mol. The predicted octanol–water partition coefficient (Wildman–Crippen LogP) is 7.78. The molecule has 4 rings (SSSR count). The highest BCUT2D eigenvalue weighted by atomic mass is 16.3. The first kappa shape index (κ1) is 21.9. The highest BCUT2D eigenvalue weighted by Crippen LogP contribution is 2.67. The van der Waals surface area contributed by atoms with E-state index in [0.29, 0.717) is 10.8 Å². The smallest absolute Gasteiger partial charge is 0.0591 e. The molecule has 0 radical (unpaired) electrons. The van der Waals surface area contributed by atoms with Crippen molar-refractivity contribution in [3.05, 3.63) is 11.6 Å². The van der Waals surface area contributed by atoms with Crippen molar-refractivity contribution in [2.45, 2.75) is 118 Å². The Balaban J connectivity index is 1.51. The maximum absolute atomic E-state index is 10.2. The average Bonchev–Trinajstić information content (AvgIpc) is 3.02. The van der Waals surface area contributed by atoms with Crippen LogP contribution in [0.15, 0.2) is 11.6 Å². The van der Waals surface area contributed by atoms with Crippen molar-refractivity contribution in [1.29, 1.82) is 0 Å². The number of rotatable bonds is 5. The third-order valence-corrected chi connectivity index (χ3v) is 10.8. The van der Waals surface area contributed by atoms with Crippen LogP contribution in [-0.4, -0.2) is 10.7 Å². The van der Waals surface area contributed by atoms with E-state index in [4.69, 9.17) is 0 Å². The molecule has 7 unspecified atom stereocenters. The van der Waals surface area contributed by atoms with Gasteiger partial charge in [0.05, 0.1) is 5.60 Å². The van der Waals surface area contributed by atoms with Crippen molar-refractivity contribution in [3.63, 3.8) is 0 Å². The van der Waals surface area contributed by atoms with Crippen LogP contribution in [0.5, 0.6) is 0 Å². The minimum Gasteiger partial charge on any atom is -0.390 e. The maximum Gasteiger partial charge on any atom is 0.0591 e. The quantitative estimate of drug-likeness (QED) is 0.467. The summed E-state index contributed by atoms with van der Waals surface area (Å²) in [5.74, 6) is 5.39. The average molecular weight is 401 g/mol. The van der Waals surface area contributed by atoms with Gasteiger partial charge in [-0.2, -0.15) is 0 Å². The van der Waals surface area contributed by atoms with E-state index in [0.717, 1.165) is 41.9 Å². The molecule has 0 aliphatic heterocycles. The van der Waals surface area contributed by atoms with E-state index in [-0.39, 0.29) is 0 Å². The fraction of sp³-hybridized carbons (Fsp3) is 0.929. The Hall–Kier alpha value is -0.300. The van der Waals surface area contributed by atoms with Gasteiger partial charge in [0.25, 0.3) is 0 Å². The number of allylic oxidation sites excluding steroid dienone is 2. The van der Waals surface area contributed by atoms with Gasteiger partial charge in [-0.05, 0) is 124 Å². The highest BCUT2D eigenvalue weighted by molar-refractivity contribution is 5.25. The second-order valence-corrected chi connectivity index (χ2v) is 12.8. The normalized spacial score (nSPS) is 45.8. The van der Waals surface area contributed by atoms with Gasteiger partial charge in [0.1, 0.15) is 0 Å². The molecule has 0 aromatic carbocycles. The van der Waals surface area contributed by atoms with Gasteiger partial charge in [-0.15, -0.1) is 0 Å². The van der Waals surface area contributed by atoms with Crippen LogP contribution in [0.1, 0.15) is 112 Å². The van der Waals surface area contributed by atoms with Gasteiger partial charge in [-0.3, -0.25) is 0 Å². The van der Waals surface area contributed by atoms with Crippen LogP contribution >= 0.6 is 0 Å². The molecule has 166 valence electrons. The van der Waals surface area contributed by atoms with E-state index < -0.39 is 5.60 Å². The lowest BCUT2D eigenvalue weighted by atomic mass is 9.46. The number of hydrogen-bond donors (Lipinski definition) is 1. The molecule has 0 aromatic rings. The van der Waals surface area contributed by atoms with Gasteiger partial charge in [-0.25, -0.2) is 0 Å². The molecular weight excluding hydrogens is 352 g/mol. The summed E-state index contributed by atoms with van der Waals surface area (Å²) in [6.45, 7) is 14.2. The fourth-order valence-corrected chi connectivity index (χ4v) is 8.84.